The van der Waals surface area contributed by atoms with E-state index in [0.29, 0.717) is 13.0 Å². The third-order valence-electron chi connectivity index (χ3n) is 2.40. The van der Waals surface area contributed by atoms with E-state index in [1.807, 2.05) is 19.0 Å². The van der Waals surface area contributed by atoms with E-state index in [4.69, 9.17) is 0 Å². The molecule has 0 aromatic heterocycles. The predicted molar refractivity (Wildman–Crippen MR) is 67.2 cm³/mol. The van der Waals surface area contributed by atoms with E-state index in [1.165, 1.54) is 13.2 Å². The van der Waals surface area contributed by atoms with Crippen LogP contribution in [0.4, 0.5) is 13.2 Å². The van der Waals surface area contributed by atoms with Gasteiger partial charge in [0.05, 0.1) is 12.7 Å². The van der Waals surface area contributed by atoms with E-state index < -0.39 is 11.7 Å². The molecule has 18 heavy (non-hydrogen) atoms. The van der Waals surface area contributed by atoms with Gasteiger partial charge in [0.1, 0.15) is 5.76 Å². The number of methoxy groups -OCH3 is 1. The lowest BCUT2D eigenvalue weighted by Gasteiger charge is -2.17. The molecule has 0 aromatic carbocycles. The largest absolute Gasteiger partial charge is 0.497 e. The average molecular weight is 263 g/mol. The minimum absolute atomic E-state index is 0.00784. The Labute approximate surface area is 106 Å². The molecule has 2 nitrogen and oxygen atoms in total. The molecule has 0 radical (unpaired) electrons. The molecule has 0 unspecified atom stereocenters. The Kier molecular flexibility index (Phi) is 6.76. The minimum atomic E-state index is -4.41. The standard InChI is InChI=1S/C13H20F3NO/c1-6-11(7-8-17(3)4)12(13(14,15)16)9-10(2)18-5/h6,9H,2,7-8H2,1,3-5H3/b11-6-,12-9+. The molecule has 0 aliphatic carbocycles. The second-order valence-corrected chi connectivity index (χ2v) is 4.09. The summed E-state index contributed by atoms with van der Waals surface area (Å²) in [5.41, 5.74) is -0.451. The number of ether oxygens (including phenoxy) is 1. The highest BCUT2D eigenvalue weighted by Gasteiger charge is 2.35. The van der Waals surface area contributed by atoms with Crippen molar-refractivity contribution >= 4 is 0 Å². The van der Waals surface area contributed by atoms with E-state index in [2.05, 4.69) is 11.3 Å². The fourth-order valence-electron chi connectivity index (χ4n) is 1.36. The van der Waals surface area contributed by atoms with Crippen LogP contribution in [-0.4, -0.2) is 38.8 Å². The van der Waals surface area contributed by atoms with Crippen molar-refractivity contribution in [3.63, 3.8) is 0 Å². The number of hydrogen-bond donors (Lipinski definition) is 0. The molecule has 0 aromatic rings. The van der Waals surface area contributed by atoms with Crippen LogP contribution in [0.5, 0.6) is 0 Å². The van der Waals surface area contributed by atoms with E-state index in [9.17, 15) is 13.2 Å². The van der Waals surface area contributed by atoms with Crippen molar-refractivity contribution in [3.05, 3.63) is 35.6 Å². The summed E-state index contributed by atoms with van der Waals surface area (Å²) < 4.78 is 43.6. The van der Waals surface area contributed by atoms with E-state index >= 15 is 0 Å². The maximum atomic E-state index is 13.0. The highest BCUT2D eigenvalue weighted by atomic mass is 19.4. The van der Waals surface area contributed by atoms with E-state index in [0.717, 1.165) is 6.08 Å². The number of allylic oxidation sites excluding steroid dienone is 3. The molecule has 0 atom stereocenters. The van der Waals surface area contributed by atoms with Gasteiger partial charge >= 0.3 is 6.18 Å². The summed E-state index contributed by atoms with van der Waals surface area (Å²) >= 11 is 0. The minimum Gasteiger partial charge on any atom is -0.497 e. The maximum absolute atomic E-state index is 13.0. The first-order chi connectivity index (χ1) is 8.22. The number of alkyl halides is 3. The monoisotopic (exact) mass is 263 g/mol. The van der Waals surface area contributed by atoms with Crippen molar-refractivity contribution in [2.45, 2.75) is 19.5 Å². The SMILES string of the molecule is C=C(/C=C(\C(=C/C)CCN(C)C)C(F)(F)F)OC. The van der Waals surface area contributed by atoms with Crippen LogP contribution in [0.25, 0.3) is 0 Å². The van der Waals surface area contributed by atoms with E-state index in [-0.39, 0.29) is 11.3 Å². The Morgan fingerprint density at radius 3 is 2.22 bits per heavy atom. The second kappa shape index (κ2) is 7.26. The van der Waals surface area contributed by atoms with Gasteiger partial charge in [0.25, 0.3) is 0 Å². The van der Waals surface area contributed by atoms with Crippen LogP contribution < -0.4 is 0 Å². The number of nitrogens with zero attached hydrogens (tertiary/aromatic N) is 1. The van der Waals surface area contributed by atoms with Gasteiger partial charge in [-0.1, -0.05) is 12.7 Å². The van der Waals surface area contributed by atoms with Gasteiger partial charge in [-0.05, 0) is 39.1 Å². The molecule has 0 aliphatic rings. The fourth-order valence-corrected chi connectivity index (χ4v) is 1.36. The molecule has 0 N–H and O–H groups in total. The van der Waals surface area contributed by atoms with Gasteiger partial charge in [0, 0.05) is 6.54 Å². The zero-order chi connectivity index (χ0) is 14.3. The lowest BCUT2D eigenvalue weighted by molar-refractivity contribution is -0.0898. The quantitative estimate of drug-likeness (QED) is 0.537. The molecule has 0 rings (SSSR count). The first-order valence-electron chi connectivity index (χ1n) is 5.54. The lowest BCUT2D eigenvalue weighted by atomic mass is 10.0. The first kappa shape index (κ1) is 16.8. The van der Waals surface area contributed by atoms with Crippen LogP contribution in [0.15, 0.2) is 35.6 Å². The van der Waals surface area contributed by atoms with Gasteiger partial charge in [0.15, 0.2) is 0 Å². The maximum Gasteiger partial charge on any atom is 0.416 e. The van der Waals surface area contributed by atoms with Crippen LogP contribution in [0.3, 0.4) is 0 Å². The summed E-state index contributed by atoms with van der Waals surface area (Å²) in [5.74, 6) is -0.00784. The fraction of sp³-hybridized carbons (Fsp3) is 0.538. The molecule has 104 valence electrons. The van der Waals surface area contributed by atoms with Crippen LogP contribution >= 0.6 is 0 Å². The van der Waals surface area contributed by atoms with Crippen molar-refractivity contribution in [1.29, 1.82) is 0 Å². The van der Waals surface area contributed by atoms with Gasteiger partial charge in [-0.25, -0.2) is 0 Å². The van der Waals surface area contributed by atoms with Gasteiger partial charge in [-0.3, -0.25) is 0 Å². The van der Waals surface area contributed by atoms with Crippen molar-refractivity contribution in [1.82, 2.24) is 4.90 Å². The van der Waals surface area contributed by atoms with Crippen LogP contribution in [0, 0.1) is 0 Å². The number of halogens is 3. The smallest absolute Gasteiger partial charge is 0.416 e. The molecule has 0 fully saturated rings. The highest BCUT2D eigenvalue weighted by Crippen LogP contribution is 2.33. The third-order valence-corrected chi connectivity index (χ3v) is 2.40. The third kappa shape index (κ3) is 5.91. The van der Waals surface area contributed by atoms with Crippen molar-refractivity contribution in [3.8, 4) is 0 Å². The van der Waals surface area contributed by atoms with Gasteiger partial charge in [-0.15, -0.1) is 0 Å². The Morgan fingerprint density at radius 2 is 1.89 bits per heavy atom. The summed E-state index contributed by atoms with van der Waals surface area (Å²) in [5, 5.41) is 0. The Hall–Kier alpha value is -1.23. The molecule has 0 aliphatic heterocycles. The highest BCUT2D eigenvalue weighted by molar-refractivity contribution is 5.38. The van der Waals surface area contributed by atoms with Crippen LogP contribution in [-0.2, 0) is 4.74 Å². The Bertz CT molecular complexity index is 341. The number of hydrogen-bond acceptors (Lipinski definition) is 2. The molecule has 0 heterocycles. The molecule has 0 amide bonds. The second-order valence-electron chi connectivity index (χ2n) is 4.09. The molecule has 0 bridgehead atoms. The zero-order valence-electron chi connectivity index (χ0n) is 11.3. The Balaban J connectivity index is 5.18. The molecule has 0 saturated carbocycles. The first-order valence-corrected chi connectivity index (χ1v) is 5.54. The number of rotatable bonds is 6. The van der Waals surface area contributed by atoms with Gasteiger partial charge in [-0.2, -0.15) is 13.2 Å². The van der Waals surface area contributed by atoms with Crippen LogP contribution in [0.2, 0.25) is 0 Å². The average Bonchev–Trinajstić information content (AvgIpc) is 2.26. The van der Waals surface area contributed by atoms with Crippen molar-refractivity contribution in [2.24, 2.45) is 0 Å². The Morgan fingerprint density at radius 1 is 1.33 bits per heavy atom. The summed E-state index contributed by atoms with van der Waals surface area (Å²) in [6.45, 7) is 5.55. The molecule has 0 saturated heterocycles. The van der Waals surface area contributed by atoms with Crippen molar-refractivity contribution < 1.29 is 17.9 Å². The predicted octanol–water partition coefficient (Wildman–Crippen LogP) is 3.53. The molecular weight excluding hydrogens is 243 g/mol. The topological polar surface area (TPSA) is 12.5 Å². The van der Waals surface area contributed by atoms with Gasteiger partial charge < -0.3 is 9.64 Å². The van der Waals surface area contributed by atoms with E-state index in [1.54, 1.807) is 6.92 Å². The zero-order valence-corrected chi connectivity index (χ0v) is 11.3. The van der Waals surface area contributed by atoms with Crippen LogP contribution in [0.1, 0.15) is 13.3 Å². The summed E-state index contributed by atoms with van der Waals surface area (Å²) in [6, 6.07) is 0. The molecule has 5 heteroatoms. The summed E-state index contributed by atoms with van der Waals surface area (Å²) in [4.78, 5) is 1.84. The molecule has 0 spiro atoms. The lowest BCUT2D eigenvalue weighted by Crippen LogP contribution is -2.19. The van der Waals surface area contributed by atoms with Crippen molar-refractivity contribution in [2.75, 3.05) is 27.7 Å². The molecular formula is C13H20F3NO. The normalized spacial score (nSPS) is 14.0. The summed E-state index contributed by atoms with van der Waals surface area (Å²) in [6.07, 6.45) is -1.67. The van der Waals surface area contributed by atoms with Gasteiger partial charge in [0.2, 0.25) is 0 Å². The summed E-state index contributed by atoms with van der Waals surface area (Å²) in [7, 11) is 4.93.